The van der Waals surface area contributed by atoms with E-state index >= 15 is 0 Å². The van der Waals surface area contributed by atoms with Gasteiger partial charge in [0.15, 0.2) is 0 Å². The minimum absolute atomic E-state index is 0.00378. The molecule has 0 unspecified atom stereocenters. The maximum Gasteiger partial charge on any atom is 0.245 e. The van der Waals surface area contributed by atoms with Crippen molar-refractivity contribution >= 4 is 11.8 Å². The average molecular weight is 264 g/mol. The summed E-state index contributed by atoms with van der Waals surface area (Å²) in [5.41, 5.74) is -0.660. The zero-order valence-corrected chi connectivity index (χ0v) is 11.9. The van der Waals surface area contributed by atoms with Gasteiger partial charge in [-0.05, 0) is 32.1 Å². The SMILES string of the molecule is CCC[C@@]1(C)C(=O)NCCN1C(=O)C[C@@H]1C=CCC1. The van der Waals surface area contributed by atoms with Crippen molar-refractivity contribution in [2.24, 2.45) is 5.92 Å². The molecule has 0 spiro atoms. The average Bonchev–Trinajstić information content (AvgIpc) is 2.86. The molecule has 0 aromatic carbocycles. The molecule has 1 heterocycles. The summed E-state index contributed by atoms with van der Waals surface area (Å²) in [5.74, 6) is 0.488. The first-order valence-corrected chi connectivity index (χ1v) is 7.33. The highest BCUT2D eigenvalue weighted by molar-refractivity contribution is 5.92. The molecule has 1 fully saturated rings. The first-order chi connectivity index (χ1) is 9.08. The van der Waals surface area contributed by atoms with E-state index in [1.807, 2.05) is 11.8 Å². The van der Waals surface area contributed by atoms with Gasteiger partial charge in [0.2, 0.25) is 11.8 Å². The molecule has 0 aromatic heterocycles. The summed E-state index contributed by atoms with van der Waals surface area (Å²) >= 11 is 0. The highest BCUT2D eigenvalue weighted by Gasteiger charge is 2.43. The Hall–Kier alpha value is -1.32. The smallest absolute Gasteiger partial charge is 0.245 e. The summed E-state index contributed by atoms with van der Waals surface area (Å²) in [4.78, 5) is 26.4. The fourth-order valence-corrected chi connectivity index (χ4v) is 3.18. The van der Waals surface area contributed by atoms with Crippen LogP contribution >= 0.6 is 0 Å². The Bertz CT molecular complexity index is 392. The Morgan fingerprint density at radius 2 is 2.37 bits per heavy atom. The third kappa shape index (κ3) is 2.82. The van der Waals surface area contributed by atoms with Gasteiger partial charge < -0.3 is 10.2 Å². The van der Waals surface area contributed by atoms with Crippen LogP contribution in [-0.4, -0.2) is 35.3 Å². The van der Waals surface area contributed by atoms with Gasteiger partial charge in [-0.3, -0.25) is 9.59 Å². The van der Waals surface area contributed by atoms with Gasteiger partial charge in [0, 0.05) is 19.5 Å². The van der Waals surface area contributed by atoms with Crippen molar-refractivity contribution in [3.05, 3.63) is 12.2 Å². The van der Waals surface area contributed by atoms with Crippen molar-refractivity contribution in [3.8, 4) is 0 Å². The van der Waals surface area contributed by atoms with E-state index in [9.17, 15) is 9.59 Å². The largest absolute Gasteiger partial charge is 0.352 e. The molecule has 1 saturated heterocycles. The van der Waals surface area contributed by atoms with E-state index in [-0.39, 0.29) is 11.8 Å². The molecule has 106 valence electrons. The van der Waals surface area contributed by atoms with Gasteiger partial charge in [0.05, 0.1) is 0 Å². The zero-order valence-electron chi connectivity index (χ0n) is 11.9. The summed E-state index contributed by atoms with van der Waals surface area (Å²) in [6, 6.07) is 0. The number of hydrogen-bond donors (Lipinski definition) is 1. The molecular weight excluding hydrogens is 240 g/mol. The zero-order chi connectivity index (χ0) is 13.9. The Morgan fingerprint density at radius 3 is 3.00 bits per heavy atom. The number of rotatable bonds is 4. The second-order valence-electron chi connectivity index (χ2n) is 5.79. The van der Waals surface area contributed by atoms with Gasteiger partial charge in [-0.1, -0.05) is 25.5 Å². The molecule has 19 heavy (non-hydrogen) atoms. The lowest BCUT2D eigenvalue weighted by atomic mass is 9.89. The molecule has 0 saturated carbocycles. The molecule has 2 aliphatic rings. The highest BCUT2D eigenvalue weighted by atomic mass is 16.2. The maximum absolute atomic E-state index is 12.5. The predicted molar refractivity (Wildman–Crippen MR) is 74.5 cm³/mol. The van der Waals surface area contributed by atoms with Gasteiger partial charge in [0.1, 0.15) is 5.54 Å². The second-order valence-corrected chi connectivity index (χ2v) is 5.79. The van der Waals surface area contributed by atoms with E-state index in [1.54, 1.807) is 0 Å². The third-order valence-electron chi connectivity index (χ3n) is 4.29. The number of amides is 2. The summed E-state index contributed by atoms with van der Waals surface area (Å²) in [6.07, 6.45) is 8.59. The highest BCUT2D eigenvalue weighted by Crippen LogP contribution is 2.28. The van der Waals surface area contributed by atoms with Crippen molar-refractivity contribution in [1.82, 2.24) is 10.2 Å². The van der Waals surface area contributed by atoms with E-state index in [2.05, 4.69) is 24.4 Å². The monoisotopic (exact) mass is 264 g/mol. The van der Waals surface area contributed by atoms with Crippen LogP contribution in [0.1, 0.15) is 46.0 Å². The van der Waals surface area contributed by atoms with E-state index < -0.39 is 5.54 Å². The number of carbonyl (C=O) groups excluding carboxylic acids is 2. The van der Waals surface area contributed by atoms with Crippen molar-refractivity contribution in [3.63, 3.8) is 0 Å². The normalized spacial score (nSPS) is 30.5. The summed E-state index contributed by atoms with van der Waals surface area (Å²) in [5, 5.41) is 2.89. The van der Waals surface area contributed by atoms with Crippen LogP contribution in [0.2, 0.25) is 0 Å². The Balaban J connectivity index is 2.08. The van der Waals surface area contributed by atoms with Crippen LogP contribution in [0.5, 0.6) is 0 Å². The number of carbonyl (C=O) groups is 2. The van der Waals surface area contributed by atoms with Gasteiger partial charge in [0.25, 0.3) is 0 Å². The van der Waals surface area contributed by atoms with Crippen LogP contribution < -0.4 is 5.32 Å². The fraction of sp³-hybridized carbons (Fsp3) is 0.733. The predicted octanol–water partition coefficient (Wildman–Crippen LogP) is 1.86. The summed E-state index contributed by atoms with van der Waals surface area (Å²) in [6.45, 7) is 5.16. The summed E-state index contributed by atoms with van der Waals surface area (Å²) in [7, 11) is 0. The topological polar surface area (TPSA) is 49.4 Å². The number of hydrogen-bond acceptors (Lipinski definition) is 2. The van der Waals surface area contributed by atoms with Crippen molar-refractivity contribution < 1.29 is 9.59 Å². The number of nitrogens with zero attached hydrogens (tertiary/aromatic N) is 1. The van der Waals surface area contributed by atoms with Crippen LogP contribution in [-0.2, 0) is 9.59 Å². The van der Waals surface area contributed by atoms with Crippen LogP contribution in [0, 0.1) is 5.92 Å². The Kier molecular flexibility index (Phi) is 4.27. The summed E-state index contributed by atoms with van der Waals surface area (Å²) < 4.78 is 0. The minimum Gasteiger partial charge on any atom is -0.352 e. The molecule has 2 rings (SSSR count). The van der Waals surface area contributed by atoms with Gasteiger partial charge in [-0.2, -0.15) is 0 Å². The molecule has 1 N–H and O–H groups in total. The van der Waals surface area contributed by atoms with Gasteiger partial charge in [-0.25, -0.2) is 0 Å². The molecular formula is C15H24N2O2. The standard InChI is InChI=1S/C15H24N2O2/c1-3-8-15(2)14(19)16-9-10-17(15)13(18)11-12-6-4-5-7-12/h4,6,12H,3,5,7-11H2,1-2H3,(H,16,19)/t12-,15+/m1/s1. The molecule has 1 aliphatic carbocycles. The van der Waals surface area contributed by atoms with Crippen molar-refractivity contribution in [1.29, 1.82) is 0 Å². The minimum atomic E-state index is -0.660. The molecule has 0 radical (unpaired) electrons. The Morgan fingerprint density at radius 1 is 1.58 bits per heavy atom. The maximum atomic E-state index is 12.5. The van der Waals surface area contributed by atoms with E-state index in [4.69, 9.17) is 0 Å². The first-order valence-electron chi connectivity index (χ1n) is 7.33. The molecule has 4 nitrogen and oxygen atoms in total. The fourth-order valence-electron chi connectivity index (χ4n) is 3.18. The van der Waals surface area contributed by atoms with Gasteiger partial charge in [-0.15, -0.1) is 0 Å². The molecule has 0 aromatic rings. The molecule has 2 amide bonds. The van der Waals surface area contributed by atoms with Crippen LogP contribution in [0.4, 0.5) is 0 Å². The molecule has 1 aliphatic heterocycles. The van der Waals surface area contributed by atoms with Crippen molar-refractivity contribution in [2.45, 2.75) is 51.5 Å². The van der Waals surface area contributed by atoms with Crippen molar-refractivity contribution in [2.75, 3.05) is 13.1 Å². The molecule has 4 heteroatoms. The number of piperazine rings is 1. The van der Waals surface area contributed by atoms with E-state index in [1.165, 1.54) is 0 Å². The van der Waals surface area contributed by atoms with Gasteiger partial charge >= 0.3 is 0 Å². The Labute approximate surface area is 115 Å². The number of allylic oxidation sites excluding steroid dienone is 2. The van der Waals surface area contributed by atoms with Crippen LogP contribution in [0.3, 0.4) is 0 Å². The lowest BCUT2D eigenvalue weighted by molar-refractivity contribution is -0.151. The number of nitrogens with one attached hydrogen (secondary N) is 1. The lowest BCUT2D eigenvalue weighted by Crippen LogP contribution is -2.65. The molecule has 0 bridgehead atoms. The molecule has 2 atom stereocenters. The first kappa shape index (κ1) is 14.1. The lowest BCUT2D eigenvalue weighted by Gasteiger charge is -2.44. The van der Waals surface area contributed by atoms with E-state index in [0.717, 1.165) is 25.7 Å². The second kappa shape index (κ2) is 5.76. The third-order valence-corrected chi connectivity index (χ3v) is 4.29. The quantitative estimate of drug-likeness (QED) is 0.788. The van der Waals surface area contributed by atoms with Crippen LogP contribution in [0.25, 0.3) is 0 Å². The van der Waals surface area contributed by atoms with E-state index in [0.29, 0.717) is 25.4 Å². The van der Waals surface area contributed by atoms with Crippen LogP contribution in [0.15, 0.2) is 12.2 Å².